The van der Waals surface area contributed by atoms with E-state index in [2.05, 4.69) is 25.3 Å². The number of H-pyrrole nitrogens is 1. The highest BCUT2D eigenvalue weighted by atomic mass is 15.0. The molecule has 0 atom stereocenters. The summed E-state index contributed by atoms with van der Waals surface area (Å²) >= 11 is 0. The molecule has 1 fully saturated rings. The fourth-order valence-corrected chi connectivity index (χ4v) is 1.61. The summed E-state index contributed by atoms with van der Waals surface area (Å²) in [7, 11) is 0. The van der Waals surface area contributed by atoms with Crippen molar-refractivity contribution in [3.63, 3.8) is 0 Å². The lowest BCUT2D eigenvalue weighted by Gasteiger charge is -1.98. The van der Waals surface area contributed by atoms with Crippen LogP contribution < -0.4 is 5.32 Å². The predicted molar refractivity (Wildman–Crippen MR) is 56.1 cm³/mol. The third kappa shape index (κ3) is 1.97. The summed E-state index contributed by atoms with van der Waals surface area (Å²) in [6, 6.07) is 0. The molecular formula is C10H13N5. The second kappa shape index (κ2) is 3.58. The lowest BCUT2D eigenvalue weighted by molar-refractivity contribution is 0.624. The van der Waals surface area contributed by atoms with E-state index in [9.17, 15) is 0 Å². The SMILES string of the molecule is c1ncc2[nH]c(CNCC3CC3)nc2n1. The lowest BCUT2D eigenvalue weighted by atomic mass is 10.4. The predicted octanol–water partition coefficient (Wildman–Crippen LogP) is 0.852. The number of hydrogen-bond donors (Lipinski definition) is 2. The Morgan fingerprint density at radius 1 is 1.47 bits per heavy atom. The molecule has 1 aliphatic rings. The lowest BCUT2D eigenvalue weighted by Crippen LogP contribution is -2.16. The van der Waals surface area contributed by atoms with Crippen LogP contribution in [-0.2, 0) is 6.54 Å². The van der Waals surface area contributed by atoms with Gasteiger partial charge in [0.25, 0.3) is 0 Å². The monoisotopic (exact) mass is 203 g/mol. The highest BCUT2D eigenvalue weighted by Crippen LogP contribution is 2.27. The first-order chi connectivity index (χ1) is 7.42. The van der Waals surface area contributed by atoms with Crippen LogP contribution in [-0.4, -0.2) is 26.5 Å². The second-order valence-corrected chi connectivity index (χ2v) is 4.02. The molecule has 0 radical (unpaired) electrons. The number of nitrogens with one attached hydrogen (secondary N) is 2. The van der Waals surface area contributed by atoms with Gasteiger partial charge < -0.3 is 10.3 Å². The molecule has 0 aliphatic heterocycles. The summed E-state index contributed by atoms with van der Waals surface area (Å²) in [5, 5.41) is 3.38. The first-order valence-corrected chi connectivity index (χ1v) is 5.27. The van der Waals surface area contributed by atoms with E-state index in [0.717, 1.165) is 36.0 Å². The Labute approximate surface area is 87.3 Å². The van der Waals surface area contributed by atoms with Gasteiger partial charge in [0.2, 0.25) is 0 Å². The highest BCUT2D eigenvalue weighted by Gasteiger charge is 2.20. The minimum atomic E-state index is 0.744. The average molecular weight is 203 g/mol. The van der Waals surface area contributed by atoms with E-state index in [0.29, 0.717) is 0 Å². The van der Waals surface area contributed by atoms with Gasteiger partial charge in [-0.1, -0.05) is 0 Å². The second-order valence-electron chi connectivity index (χ2n) is 4.02. The largest absolute Gasteiger partial charge is 0.338 e. The quantitative estimate of drug-likeness (QED) is 0.773. The topological polar surface area (TPSA) is 66.5 Å². The molecule has 5 heteroatoms. The maximum atomic E-state index is 4.36. The molecule has 1 aliphatic carbocycles. The van der Waals surface area contributed by atoms with Crippen molar-refractivity contribution < 1.29 is 0 Å². The van der Waals surface area contributed by atoms with Crippen LogP contribution in [0.25, 0.3) is 11.2 Å². The van der Waals surface area contributed by atoms with Crippen molar-refractivity contribution >= 4 is 11.2 Å². The molecule has 2 N–H and O–H groups in total. The third-order valence-electron chi connectivity index (χ3n) is 2.63. The Balaban J connectivity index is 1.68. The first-order valence-electron chi connectivity index (χ1n) is 5.27. The van der Waals surface area contributed by atoms with Crippen molar-refractivity contribution in [1.82, 2.24) is 25.3 Å². The fourth-order valence-electron chi connectivity index (χ4n) is 1.61. The molecule has 2 heterocycles. The summed E-state index contributed by atoms with van der Waals surface area (Å²) in [5.74, 6) is 1.83. The van der Waals surface area contributed by atoms with Gasteiger partial charge >= 0.3 is 0 Å². The molecule has 2 aromatic heterocycles. The van der Waals surface area contributed by atoms with E-state index in [1.807, 2.05) is 0 Å². The molecule has 0 spiro atoms. The van der Waals surface area contributed by atoms with Crippen LogP contribution in [0.2, 0.25) is 0 Å². The molecule has 0 unspecified atom stereocenters. The smallest absolute Gasteiger partial charge is 0.180 e. The van der Waals surface area contributed by atoms with Gasteiger partial charge in [0, 0.05) is 0 Å². The Hall–Kier alpha value is -1.49. The number of hydrogen-bond acceptors (Lipinski definition) is 4. The summed E-state index contributed by atoms with van der Waals surface area (Å²) in [5.41, 5.74) is 1.65. The summed E-state index contributed by atoms with van der Waals surface area (Å²) < 4.78 is 0. The van der Waals surface area contributed by atoms with Gasteiger partial charge in [-0.05, 0) is 25.3 Å². The molecule has 3 rings (SSSR count). The van der Waals surface area contributed by atoms with Gasteiger partial charge in [0.1, 0.15) is 17.7 Å². The third-order valence-corrected chi connectivity index (χ3v) is 2.63. The normalized spacial score (nSPS) is 16.0. The van der Waals surface area contributed by atoms with Crippen molar-refractivity contribution in [2.75, 3.05) is 6.54 Å². The number of rotatable bonds is 4. The van der Waals surface area contributed by atoms with Crippen LogP contribution in [0.4, 0.5) is 0 Å². The number of aromatic nitrogens is 4. The molecule has 0 saturated heterocycles. The minimum absolute atomic E-state index is 0.744. The minimum Gasteiger partial charge on any atom is -0.338 e. The van der Waals surface area contributed by atoms with E-state index >= 15 is 0 Å². The van der Waals surface area contributed by atoms with Crippen molar-refractivity contribution in [2.24, 2.45) is 5.92 Å². The summed E-state index contributed by atoms with van der Waals surface area (Å²) in [4.78, 5) is 15.6. The van der Waals surface area contributed by atoms with E-state index in [-0.39, 0.29) is 0 Å². The number of imidazole rings is 1. The Morgan fingerprint density at radius 2 is 2.40 bits per heavy atom. The van der Waals surface area contributed by atoms with Gasteiger partial charge in [-0.2, -0.15) is 0 Å². The summed E-state index contributed by atoms with van der Waals surface area (Å²) in [6.45, 7) is 1.88. The summed E-state index contributed by atoms with van der Waals surface area (Å²) in [6.07, 6.45) is 6.02. The standard InChI is InChI=1S/C10H13N5/c1-2-7(1)3-11-5-9-14-8-4-12-6-13-10(8)15-9/h4,6-7,11H,1-3,5H2,(H,12,13,14,15). The molecule has 15 heavy (non-hydrogen) atoms. The van der Waals surface area contributed by atoms with Crippen molar-refractivity contribution in [2.45, 2.75) is 19.4 Å². The van der Waals surface area contributed by atoms with E-state index in [1.54, 1.807) is 6.20 Å². The molecule has 5 nitrogen and oxygen atoms in total. The number of nitrogens with zero attached hydrogens (tertiary/aromatic N) is 3. The Bertz CT molecular complexity index is 427. The molecule has 0 amide bonds. The Kier molecular flexibility index (Phi) is 2.10. The number of fused-ring (bicyclic) bond motifs is 1. The van der Waals surface area contributed by atoms with Gasteiger partial charge in [0.15, 0.2) is 5.65 Å². The van der Waals surface area contributed by atoms with Crippen LogP contribution in [0.15, 0.2) is 12.5 Å². The van der Waals surface area contributed by atoms with Gasteiger partial charge in [-0.15, -0.1) is 0 Å². The molecular weight excluding hydrogens is 190 g/mol. The van der Waals surface area contributed by atoms with Crippen LogP contribution in [0.5, 0.6) is 0 Å². The van der Waals surface area contributed by atoms with E-state index in [1.165, 1.54) is 19.2 Å². The molecule has 0 aromatic carbocycles. The average Bonchev–Trinajstić information content (AvgIpc) is 2.97. The molecule has 78 valence electrons. The van der Waals surface area contributed by atoms with Crippen molar-refractivity contribution in [3.05, 3.63) is 18.3 Å². The molecule has 2 aromatic rings. The maximum Gasteiger partial charge on any atom is 0.180 e. The van der Waals surface area contributed by atoms with Gasteiger partial charge in [-0.3, -0.25) is 0 Å². The van der Waals surface area contributed by atoms with Crippen LogP contribution in [0.1, 0.15) is 18.7 Å². The number of aromatic amines is 1. The van der Waals surface area contributed by atoms with Crippen LogP contribution in [0.3, 0.4) is 0 Å². The molecule has 0 bridgehead atoms. The zero-order chi connectivity index (χ0) is 10.1. The molecule has 1 saturated carbocycles. The maximum absolute atomic E-state index is 4.36. The zero-order valence-electron chi connectivity index (χ0n) is 8.40. The van der Waals surface area contributed by atoms with Crippen molar-refractivity contribution in [1.29, 1.82) is 0 Å². The fraction of sp³-hybridized carbons (Fsp3) is 0.500. The van der Waals surface area contributed by atoms with Gasteiger partial charge in [0.05, 0.1) is 12.7 Å². The van der Waals surface area contributed by atoms with E-state index in [4.69, 9.17) is 0 Å². The Morgan fingerprint density at radius 3 is 3.20 bits per heavy atom. The van der Waals surface area contributed by atoms with Gasteiger partial charge in [-0.25, -0.2) is 15.0 Å². The van der Waals surface area contributed by atoms with Crippen LogP contribution in [0, 0.1) is 5.92 Å². The zero-order valence-corrected chi connectivity index (χ0v) is 8.40. The van der Waals surface area contributed by atoms with Crippen molar-refractivity contribution in [3.8, 4) is 0 Å². The van der Waals surface area contributed by atoms with Crippen LogP contribution >= 0.6 is 0 Å². The van der Waals surface area contributed by atoms with E-state index < -0.39 is 0 Å². The highest BCUT2D eigenvalue weighted by molar-refractivity contribution is 5.68. The first kappa shape index (κ1) is 8.79.